The first kappa shape index (κ1) is 15.6. The van der Waals surface area contributed by atoms with Crippen molar-refractivity contribution in [2.24, 2.45) is 5.14 Å². The first-order valence-corrected chi connectivity index (χ1v) is 7.93. The quantitative estimate of drug-likeness (QED) is 0.848. The van der Waals surface area contributed by atoms with Crippen LogP contribution in [0.3, 0.4) is 0 Å². The molecule has 0 radical (unpaired) electrons. The number of rotatable bonds is 6. The van der Waals surface area contributed by atoms with Crippen LogP contribution in [-0.4, -0.2) is 15.5 Å². The fourth-order valence-corrected chi connectivity index (χ4v) is 2.37. The molecule has 0 bridgehead atoms. The van der Waals surface area contributed by atoms with Crippen LogP contribution >= 0.6 is 0 Å². The minimum atomic E-state index is -3.79. The van der Waals surface area contributed by atoms with Gasteiger partial charge in [-0.3, -0.25) is 0 Å². The number of primary sulfonamides is 1. The van der Waals surface area contributed by atoms with Crippen LogP contribution in [0.25, 0.3) is 0 Å². The minimum Gasteiger partial charge on any atom is -0.497 e. The molecule has 114 valence electrons. The van der Waals surface area contributed by atoms with E-state index in [1.807, 2.05) is 31.2 Å². The van der Waals surface area contributed by atoms with E-state index in [1.54, 1.807) is 13.2 Å². The van der Waals surface area contributed by atoms with E-state index in [1.165, 1.54) is 6.07 Å². The van der Waals surface area contributed by atoms with Crippen molar-refractivity contribution in [2.45, 2.75) is 24.6 Å². The summed E-state index contributed by atoms with van der Waals surface area (Å²) in [6.07, 6.45) is 0. The lowest BCUT2D eigenvalue weighted by Gasteiger charge is -2.14. The van der Waals surface area contributed by atoms with Gasteiger partial charge in [-0.1, -0.05) is 12.1 Å². The average Bonchev–Trinajstić information content (AvgIpc) is 2.94. The number of ether oxygens (including phenoxy) is 1. The summed E-state index contributed by atoms with van der Waals surface area (Å²) < 4.78 is 32.6. The van der Waals surface area contributed by atoms with Gasteiger partial charge in [-0.2, -0.15) is 0 Å². The highest BCUT2D eigenvalue weighted by Gasteiger charge is 2.14. The fraction of sp³-hybridized carbons (Fsp3) is 0.286. The van der Waals surface area contributed by atoms with E-state index in [0.29, 0.717) is 12.3 Å². The summed E-state index contributed by atoms with van der Waals surface area (Å²) >= 11 is 0. The molecule has 1 aromatic carbocycles. The Hall–Kier alpha value is -1.83. The van der Waals surface area contributed by atoms with Crippen LogP contribution in [0.15, 0.2) is 45.9 Å². The Bertz CT molecular complexity index is 709. The molecular formula is C14H18N2O4S. The number of sulfonamides is 1. The molecule has 1 atom stereocenters. The zero-order chi connectivity index (χ0) is 15.5. The highest BCUT2D eigenvalue weighted by atomic mass is 32.2. The number of furan rings is 1. The van der Waals surface area contributed by atoms with Crippen molar-refractivity contribution in [1.29, 1.82) is 0 Å². The smallest absolute Gasteiger partial charge is 0.271 e. The second-order valence-electron chi connectivity index (χ2n) is 4.64. The number of benzene rings is 1. The molecule has 0 saturated heterocycles. The molecule has 3 N–H and O–H groups in total. The molecule has 0 spiro atoms. The van der Waals surface area contributed by atoms with Gasteiger partial charge < -0.3 is 14.5 Å². The van der Waals surface area contributed by atoms with E-state index in [-0.39, 0.29) is 11.1 Å². The Morgan fingerprint density at radius 1 is 1.33 bits per heavy atom. The molecule has 0 amide bonds. The van der Waals surface area contributed by atoms with Crippen molar-refractivity contribution in [1.82, 2.24) is 5.32 Å². The molecule has 0 aliphatic carbocycles. The summed E-state index contributed by atoms with van der Waals surface area (Å²) in [5.41, 5.74) is 1.06. The summed E-state index contributed by atoms with van der Waals surface area (Å²) in [6.45, 7) is 2.40. The summed E-state index contributed by atoms with van der Waals surface area (Å²) in [5, 5.41) is 8.01. The van der Waals surface area contributed by atoms with Crippen molar-refractivity contribution in [3.8, 4) is 5.75 Å². The van der Waals surface area contributed by atoms with Crippen LogP contribution in [0.2, 0.25) is 0 Å². The van der Waals surface area contributed by atoms with Crippen LogP contribution in [0.5, 0.6) is 5.75 Å². The van der Waals surface area contributed by atoms with Gasteiger partial charge in [0.25, 0.3) is 10.0 Å². The van der Waals surface area contributed by atoms with Gasteiger partial charge >= 0.3 is 0 Å². The highest BCUT2D eigenvalue weighted by molar-refractivity contribution is 7.89. The SMILES string of the molecule is COc1cccc(C(C)NCc2ccc(S(N)(=O)=O)o2)c1. The van der Waals surface area contributed by atoms with Gasteiger partial charge in [-0.05, 0) is 36.8 Å². The molecule has 21 heavy (non-hydrogen) atoms. The van der Waals surface area contributed by atoms with Crippen molar-refractivity contribution >= 4 is 10.0 Å². The second kappa shape index (κ2) is 6.30. The van der Waals surface area contributed by atoms with Crippen molar-refractivity contribution in [3.63, 3.8) is 0 Å². The number of methoxy groups -OCH3 is 1. The van der Waals surface area contributed by atoms with E-state index in [9.17, 15) is 8.42 Å². The summed E-state index contributed by atoms with van der Waals surface area (Å²) in [6, 6.07) is 10.7. The molecule has 6 nitrogen and oxygen atoms in total. The predicted molar refractivity (Wildman–Crippen MR) is 78.3 cm³/mol. The monoisotopic (exact) mass is 310 g/mol. The Labute approximate surface area is 124 Å². The third kappa shape index (κ3) is 4.07. The van der Waals surface area contributed by atoms with Gasteiger partial charge in [-0.25, -0.2) is 13.6 Å². The number of hydrogen-bond acceptors (Lipinski definition) is 5. The van der Waals surface area contributed by atoms with E-state index in [0.717, 1.165) is 11.3 Å². The van der Waals surface area contributed by atoms with Crippen molar-refractivity contribution in [3.05, 3.63) is 47.7 Å². The van der Waals surface area contributed by atoms with Gasteiger partial charge in [0.2, 0.25) is 5.09 Å². The van der Waals surface area contributed by atoms with Crippen molar-refractivity contribution in [2.75, 3.05) is 7.11 Å². The van der Waals surface area contributed by atoms with Crippen LogP contribution in [-0.2, 0) is 16.6 Å². The zero-order valence-electron chi connectivity index (χ0n) is 11.9. The van der Waals surface area contributed by atoms with Crippen LogP contribution in [0.1, 0.15) is 24.3 Å². The van der Waals surface area contributed by atoms with E-state index >= 15 is 0 Å². The summed E-state index contributed by atoms with van der Waals surface area (Å²) in [4.78, 5) is 0. The number of nitrogens with two attached hydrogens (primary N) is 1. The molecule has 1 unspecified atom stereocenters. The van der Waals surface area contributed by atoms with Crippen LogP contribution in [0.4, 0.5) is 0 Å². The maximum atomic E-state index is 11.1. The third-order valence-electron chi connectivity index (χ3n) is 3.09. The van der Waals surface area contributed by atoms with Gasteiger partial charge in [0.15, 0.2) is 0 Å². The maximum absolute atomic E-state index is 11.1. The van der Waals surface area contributed by atoms with Crippen LogP contribution < -0.4 is 15.2 Å². The molecule has 0 fully saturated rings. The lowest BCUT2D eigenvalue weighted by molar-refractivity contribution is 0.392. The average molecular weight is 310 g/mol. The van der Waals surface area contributed by atoms with E-state index in [2.05, 4.69) is 5.32 Å². The molecule has 0 aliphatic rings. The van der Waals surface area contributed by atoms with Crippen LogP contribution in [0, 0.1) is 0 Å². The summed E-state index contributed by atoms with van der Waals surface area (Å²) in [7, 11) is -2.17. The van der Waals surface area contributed by atoms with Gasteiger partial charge in [0.1, 0.15) is 11.5 Å². The molecule has 2 aromatic rings. The normalized spacial score (nSPS) is 13.1. The largest absolute Gasteiger partial charge is 0.497 e. The molecule has 7 heteroatoms. The fourth-order valence-electron chi connectivity index (χ4n) is 1.89. The second-order valence-corrected chi connectivity index (χ2v) is 6.14. The van der Waals surface area contributed by atoms with Gasteiger partial charge in [0.05, 0.1) is 13.7 Å². The Morgan fingerprint density at radius 2 is 2.10 bits per heavy atom. The maximum Gasteiger partial charge on any atom is 0.271 e. The predicted octanol–water partition coefficient (Wildman–Crippen LogP) is 1.79. The highest BCUT2D eigenvalue weighted by Crippen LogP contribution is 2.19. The standard InChI is InChI=1S/C14H18N2O4S/c1-10(11-4-3-5-12(8-11)19-2)16-9-13-6-7-14(20-13)21(15,17)18/h3-8,10,16H,9H2,1-2H3,(H2,15,17,18). The molecule has 0 aliphatic heterocycles. The van der Waals surface area contributed by atoms with E-state index < -0.39 is 10.0 Å². The molecular weight excluding hydrogens is 292 g/mol. The molecule has 1 heterocycles. The van der Waals surface area contributed by atoms with Gasteiger partial charge in [-0.15, -0.1) is 0 Å². The number of hydrogen-bond donors (Lipinski definition) is 2. The number of nitrogens with one attached hydrogen (secondary N) is 1. The lowest BCUT2D eigenvalue weighted by atomic mass is 10.1. The van der Waals surface area contributed by atoms with Gasteiger partial charge in [0, 0.05) is 6.04 Å². The zero-order valence-corrected chi connectivity index (χ0v) is 12.7. The lowest BCUT2D eigenvalue weighted by Crippen LogP contribution is -2.17. The molecule has 0 saturated carbocycles. The minimum absolute atomic E-state index is 0.0585. The third-order valence-corrected chi connectivity index (χ3v) is 3.87. The first-order valence-electron chi connectivity index (χ1n) is 6.39. The Kier molecular flexibility index (Phi) is 4.66. The molecule has 1 aromatic heterocycles. The molecule has 2 rings (SSSR count). The first-order chi connectivity index (χ1) is 9.90. The van der Waals surface area contributed by atoms with Crippen molar-refractivity contribution < 1.29 is 17.6 Å². The Morgan fingerprint density at radius 3 is 2.71 bits per heavy atom. The van der Waals surface area contributed by atoms with E-state index in [4.69, 9.17) is 14.3 Å². The summed E-state index contributed by atoms with van der Waals surface area (Å²) in [5.74, 6) is 1.30. The Balaban J connectivity index is 2.00. The topological polar surface area (TPSA) is 94.6 Å².